The molecule has 0 fully saturated rings. The zero-order chi connectivity index (χ0) is 16.7. The van der Waals surface area contributed by atoms with Gasteiger partial charge in [-0.1, -0.05) is 24.3 Å². The van der Waals surface area contributed by atoms with Crippen LogP contribution in [0.1, 0.15) is 18.4 Å². The number of nitrogens with one attached hydrogen (secondary N) is 1. The highest BCUT2D eigenvalue weighted by Crippen LogP contribution is 2.25. The quantitative estimate of drug-likeness (QED) is 0.798. The van der Waals surface area contributed by atoms with Crippen LogP contribution in [0.25, 0.3) is 0 Å². The average Bonchev–Trinajstić information content (AvgIpc) is 2.56. The van der Waals surface area contributed by atoms with E-state index < -0.39 is 0 Å². The summed E-state index contributed by atoms with van der Waals surface area (Å²) in [4.78, 5) is 13.4. The van der Waals surface area contributed by atoms with Crippen molar-refractivity contribution in [3.63, 3.8) is 0 Å². The van der Waals surface area contributed by atoms with E-state index in [1.54, 1.807) is 43.4 Å². The Labute approximate surface area is 135 Å². The lowest BCUT2D eigenvalue weighted by Crippen LogP contribution is -2.37. The molecule has 2 aromatic carbocycles. The number of unbranched alkanes of at least 4 members (excludes halogenated alkanes) is 1. The number of halogens is 1. The topological polar surface area (TPSA) is 52.6 Å². The van der Waals surface area contributed by atoms with E-state index in [-0.39, 0.29) is 17.6 Å². The Morgan fingerprint density at radius 3 is 2.52 bits per heavy atom. The number of hydrogen-bond donors (Lipinski definition) is 2. The van der Waals surface area contributed by atoms with Gasteiger partial charge in [0.15, 0.2) is 0 Å². The van der Waals surface area contributed by atoms with Gasteiger partial charge in [0.1, 0.15) is 11.6 Å². The first-order valence-corrected chi connectivity index (χ1v) is 7.62. The van der Waals surface area contributed by atoms with Gasteiger partial charge in [0.25, 0.3) is 0 Å². The molecular formula is C18H21FN2O2. The van der Waals surface area contributed by atoms with E-state index in [2.05, 4.69) is 5.32 Å². The van der Waals surface area contributed by atoms with Crippen molar-refractivity contribution in [2.24, 2.45) is 0 Å². The number of aromatic hydroxyl groups is 1. The average molecular weight is 316 g/mol. The largest absolute Gasteiger partial charge is 0.506 e. The van der Waals surface area contributed by atoms with Crippen molar-refractivity contribution in [2.75, 3.05) is 18.5 Å². The zero-order valence-electron chi connectivity index (χ0n) is 13.1. The number of carbonyl (C=O) groups excluding carboxylic acids is 1. The molecule has 4 nitrogen and oxygen atoms in total. The zero-order valence-corrected chi connectivity index (χ0v) is 13.1. The van der Waals surface area contributed by atoms with E-state index in [4.69, 9.17) is 0 Å². The number of urea groups is 1. The summed E-state index contributed by atoms with van der Waals surface area (Å²) in [5, 5.41) is 12.6. The maximum absolute atomic E-state index is 12.8. The molecule has 0 radical (unpaired) electrons. The first-order valence-electron chi connectivity index (χ1n) is 7.62. The number of anilines is 1. The van der Waals surface area contributed by atoms with Crippen LogP contribution in [-0.4, -0.2) is 24.7 Å². The van der Waals surface area contributed by atoms with Crippen LogP contribution in [0.3, 0.4) is 0 Å². The molecule has 0 aliphatic carbocycles. The molecule has 0 aromatic heterocycles. The summed E-state index contributed by atoms with van der Waals surface area (Å²) in [5.41, 5.74) is 1.56. The van der Waals surface area contributed by atoms with Crippen molar-refractivity contribution in [1.29, 1.82) is 0 Å². The van der Waals surface area contributed by atoms with E-state index in [1.165, 1.54) is 17.0 Å². The van der Waals surface area contributed by atoms with Gasteiger partial charge in [-0.15, -0.1) is 0 Å². The predicted molar refractivity (Wildman–Crippen MR) is 89.2 cm³/mol. The third kappa shape index (κ3) is 4.98. The summed E-state index contributed by atoms with van der Waals surface area (Å²) in [5.74, 6) is -0.158. The van der Waals surface area contributed by atoms with E-state index in [9.17, 15) is 14.3 Å². The van der Waals surface area contributed by atoms with Crippen LogP contribution in [0.2, 0.25) is 0 Å². The number of hydrogen-bond acceptors (Lipinski definition) is 2. The highest BCUT2D eigenvalue weighted by Gasteiger charge is 2.12. The monoisotopic (exact) mass is 316 g/mol. The third-order valence-electron chi connectivity index (χ3n) is 3.63. The lowest BCUT2D eigenvalue weighted by molar-refractivity contribution is 0.247. The molecule has 2 aromatic rings. The Kier molecular flexibility index (Phi) is 5.97. The number of phenols is 1. The maximum Gasteiger partial charge on any atom is 0.321 e. The van der Waals surface area contributed by atoms with Crippen LogP contribution in [0.4, 0.5) is 14.9 Å². The number of carbonyl (C=O) groups is 1. The molecule has 0 spiro atoms. The molecule has 0 saturated carbocycles. The molecule has 0 bridgehead atoms. The summed E-state index contributed by atoms with van der Waals surface area (Å²) in [6.07, 6.45) is 2.59. The molecule has 0 atom stereocenters. The SMILES string of the molecule is CN(C(=O)NCCCCc1ccc(F)cc1)c1ccccc1O. The number of nitrogens with zero attached hydrogens (tertiary/aromatic N) is 1. The normalized spacial score (nSPS) is 10.3. The Balaban J connectivity index is 1.70. The van der Waals surface area contributed by atoms with Crippen molar-refractivity contribution in [3.8, 4) is 5.75 Å². The van der Waals surface area contributed by atoms with Crippen molar-refractivity contribution in [2.45, 2.75) is 19.3 Å². The van der Waals surface area contributed by atoms with E-state index in [1.807, 2.05) is 0 Å². The van der Waals surface area contributed by atoms with Gasteiger partial charge in [-0.05, 0) is 49.1 Å². The highest BCUT2D eigenvalue weighted by molar-refractivity contribution is 5.92. The smallest absolute Gasteiger partial charge is 0.321 e. The van der Waals surface area contributed by atoms with E-state index in [0.717, 1.165) is 24.8 Å². The fourth-order valence-corrected chi connectivity index (χ4v) is 2.28. The summed E-state index contributed by atoms with van der Waals surface area (Å²) >= 11 is 0. The van der Waals surface area contributed by atoms with Crippen LogP contribution in [0, 0.1) is 5.82 Å². The van der Waals surface area contributed by atoms with Gasteiger partial charge < -0.3 is 10.4 Å². The lowest BCUT2D eigenvalue weighted by Gasteiger charge is -2.19. The minimum Gasteiger partial charge on any atom is -0.506 e. The molecule has 2 rings (SSSR count). The van der Waals surface area contributed by atoms with Crippen LogP contribution in [0.5, 0.6) is 5.75 Å². The van der Waals surface area contributed by atoms with E-state index >= 15 is 0 Å². The molecule has 0 unspecified atom stereocenters. The van der Waals surface area contributed by atoms with Gasteiger partial charge in [0.05, 0.1) is 5.69 Å². The van der Waals surface area contributed by atoms with Crippen LogP contribution in [-0.2, 0) is 6.42 Å². The van der Waals surface area contributed by atoms with Crippen LogP contribution >= 0.6 is 0 Å². The lowest BCUT2D eigenvalue weighted by atomic mass is 10.1. The second-order valence-corrected chi connectivity index (χ2v) is 5.36. The number of amides is 2. The molecule has 2 amide bonds. The minimum atomic E-state index is -0.256. The highest BCUT2D eigenvalue weighted by atomic mass is 19.1. The number of aryl methyl sites for hydroxylation is 1. The Hall–Kier alpha value is -2.56. The summed E-state index contributed by atoms with van der Waals surface area (Å²) < 4.78 is 12.8. The van der Waals surface area contributed by atoms with Gasteiger partial charge >= 0.3 is 6.03 Å². The van der Waals surface area contributed by atoms with E-state index in [0.29, 0.717) is 12.2 Å². The molecule has 122 valence electrons. The van der Waals surface area contributed by atoms with Crippen LogP contribution in [0.15, 0.2) is 48.5 Å². The summed E-state index contributed by atoms with van der Waals surface area (Å²) in [7, 11) is 1.61. The van der Waals surface area contributed by atoms with Gasteiger partial charge in [-0.2, -0.15) is 0 Å². The standard InChI is InChI=1S/C18H21FN2O2/c1-21(16-7-2-3-8-17(16)22)18(23)20-13-5-4-6-14-9-11-15(19)12-10-14/h2-3,7-12,22H,4-6,13H2,1H3,(H,20,23). The Morgan fingerprint density at radius 1 is 1.13 bits per heavy atom. The molecule has 23 heavy (non-hydrogen) atoms. The molecule has 0 saturated heterocycles. The summed E-state index contributed by atoms with van der Waals surface area (Å²) in [6.45, 7) is 0.554. The van der Waals surface area contributed by atoms with Crippen molar-refractivity contribution < 1.29 is 14.3 Å². The van der Waals surface area contributed by atoms with Crippen molar-refractivity contribution >= 4 is 11.7 Å². The maximum atomic E-state index is 12.8. The second kappa shape index (κ2) is 8.17. The molecule has 5 heteroatoms. The fourth-order valence-electron chi connectivity index (χ4n) is 2.28. The van der Waals surface area contributed by atoms with Gasteiger partial charge in [0, 0.05) is 13.6 Å². The Morgan fingerprint density at radius 2 is 1.83 bits per heavy atom. The second-order valence-electron chi connectivity index (χ2n) is 5.36. The van der Waals surface area contributed by atoms with Crippen molar-refractivity contribution in [1.82, 2.24) is 5.32 Å². The molecule has 0 aliphatic rings. The molecule has 2 N–H and O–H groups in total. The third-order valence-corrected chi connectivity index (χ3v) is 3.63. The minimum absolute atomic E-state index is 0.0708. The number of para-hydroxylation sites is 2. The number of phenolic OH excluding ortho intramolecular Hbond substituents is 1. The van der Waals surface area contributed by atoms with Crippen molar-refractivity contribution in [3.05, 3.63) is 59.9 Å². The molecule has 0 heterocycles. The van der Waals surface area contributed by atoms with Crippen LogP contribution < -0.4 is 10.2 Å². The number of benzene rings is 2. The first kappa shape index (κ1) is 16.8. The summed E-state index contributed by atoms with van der Waals surface area (Å²) in [6, 6.07) is 12.9. The predicted octanol–water partition coefficient (Wildman–Crippen LogP) is 3.70. The van der Waals surface area contributed by atoms with Gasteiger partial charge in [0.2, 0.25) is 0 Å². The fraction of sp³-hybridized carbons (Fsp3) is 0.278. The van der Waals surface area contributed by atoms with Gasteiger partial charge in [-0.25, -0.2) is 9.18 Å². The van der Waals surface area contributed by atoms with Gasteiger partial charge in [-0.3, -0.25) is 4.90 Å². The first-order chi connectivity index (χ1) is 11.1. The molecular weight excluding hydrogens is 295 g/mol. The molecule has 0 aliphatic heterocycles. The number of rotatable bonds is 6. The Bertz CT molecular complexity index is 644.